The van der Waals surface area contributed by atoms with E-state index in [1.807, 2.05) is 49.4 Å². The molecule has 0 fully saturated rings. The molecule has 21 heavy (non-hydrogen) atoms. The van der Waals surface area contributed by atoms with Gasteiger partial charge in [-0.15, -0.1) is 11.6 Å². The highest BCUT2D eigenvalue weighted by atomic mass is 35.5. The number of benzene rings is 2. The van der Waals surface area contributed by atoms with E-state index in [1.165, 1.54) is 5.56 Å². The van der Waals surface area contributed by atoms with Gasteiger partial charge in [-0.3, -0.25) is 9.36 Å². The fourth-order valence-corrected chi connectivity index (χ4v) is 2.56. The van der Waals surface area contributed by atoms with E-state index in [0.29, 0.717) is 23.3 Å². The molecular weight excluding hydrogens is 284 g/mol. The number of halogens is 1. The van der Waals surface area contributed by atoms with E-state index in [4.69, 9.17) is 11.6 Å². The predicted octanol–water partition coefficient (Wildman–Crippen LogP) is 3.49. The van der Waals surface area contributed by atoms with Gasteiger partial charge in [-0.25, -0.2) is 4.98 Å². The molecule has 2 aromatic carbocycles. The molecule has 0 saturated heterocycles. The van der Waals surface area contributed by atoms with Crippen LogP contribution in [0.4, 0.5) is 0 Å². The van der Waals surface area contributed by atoms with E-state index in [1.54, 1.807) is 10.6 Å². The molecule has 0 unspecified atom stereocenters. The first-order valence-electron chi connectivity index (χ1n) is 6.79. The van der Waals surface area contributed by atoms with Gasteiger partial charge in [-0.2, -0.15) is 0 Å². The second-order valence-corrected chi connectivity index (χ2v) is 5.32. The Morgan fingerprint density at radius 3 is 2.52 bits per heavy atom. The molecule has 0 aliphatic heterocycles. The molecule has 1 heterocycles. The Kier molecular flexibility index (Phi) is 3.76. The van der Waals surface area contributed by atoms with E-state index in [0.717, 1.165) is 5.56 Å². The smallest absolute Gasteiger partial charge is 0.261 e. The highest BCUT2D eigenvalue weighted by molar-refractivity contribution is 6.16. The Labute approximate surface area is 127 Å². The lowest BCUT2D eigenvalue weighted by molar-refractivity contribution is 0.706. The van der Waals surface area contributed by atoms with Gasteiger partial charge >= 0.3 is 0 Å². The third-order valence-electron chi connectivity index (χ3n) is 3.52. The molecular formula is C17H15ClN2O. The Morgan fingerprint density at radius 2 is 1.81 bits per heavy atom. The van der Waals surface area contributed by atoms with Crippen LogP contribution in [0.5, 0.6) is 0 Å². The predicted molar refractivity (Wildman–Crippen MR) is 85.8 cm³/mol. The molecule has 0 saturated carbocycles. The van der Waals surface area contributed by atoms with Crippen molar-refractivity contribution in [3.8, 4) is 0 Å². The van der Waals surface area contributed by atoms with Crippen LogP contribution in [0.25, 0.3) is 10.9 Å². The lowest BCUT2D eigenvalue weighted by atomic mass is 10.1. The molecule has 0 spiro atoms. The molecule has 1 aromatic heterocycles. The van der Waals surface area contributed by atoms with E-state index in [2.05, 4.69) is 4.98 Å². The average molecular weight is 299 g/mol. The van der Waals surface area contributed by atoms with Crippen LogP contribution >= 0.6 is 11.6 Å². The van der Waals surface area contributed by atoms with E-state index < -0.39 is 0 Å². The fraction of sp³-hybridized carbons (Fsp3) is 0.176. The van der Waals surface area contributed by atoms with Crippen molar-refractivity contribution in [2.45, 2.75) is 19.3 Å². The molecule has 3 rings (SSSR count). The van der Waals surface area contributed by atoms with Crippen LogP contribution in [-0.4, -0.2) is 9.55 Å². The number of nitrogens with zero attached hydrogens (tertiary/aromatic N) is 2. The van der Waals surface area contributed by atoms with Gasteiger partial charge in [0.2, 0.25) is 0 Å². The summed E-state index contributed by atoms with van der Waals surface area (Å²) in [5.74, 6) is 0.812. The monoisotopic (exact) mass is 298 g/mol. The van der Waals surface area contributed by atoms with Gasteiger partial charge in [0.1, 0.15) is 5.82 Å². The average Bonchev–Trinajstić information content (AvgIpc) is 2.52. The normalized spacial score (nSPS) is 11.0. The standard InChI is InChI=1S/C17H15ClN2O/c1-12-6-8-13(9-7-12)11-20-16(10-18)19-15-5-3-2-4-14(15)17(20)21/h2-9H,10-11H2,1H3. The van der Waals surface area contributed by atoms with Crippen LogP contribution in [0.2, 0.25) is 0 Å². The molecule has 4 heteroatoms. The lowest BCUT2D eigenvalue weighted by Crippen LogP contribution is -2.25. The number of hydrogen-bond acceptors (Lipinski definition) is 2. The van der Waals surface area contributed by atoms with Crippen LogP contribution < -0.4 is 5.56 Å². The molecule has 3 nitrogen and oxygen atoms in total. The summed E-state index contributed by atoms with van der Waals surface area (Å²) in [4.78, 5) is 17.1. The zero-order chi connectivity index (χ0) is 14.8. The van der Waals surface area contributed by atoms with Crippen molar-refractivity contribution in [3.63, 3.8) is 0 Å². The highest BCUT2D eigenvalue weighted by Crippen LogP contribution is 2.12. The molecule has 0 aliphatic rings. The van der Waals surface area contributed by atoms with Gasteiger partial charge < -0.3 is 0 Å². The van der Waals surface area contributed by atoms with Crippen molar-refractivity contribution in [1.29, 1.82) is 0 Å². The largest absolute Gasteiger partial charge is 0.291 e. The summed E-state index contributed by atoms with van der Waals surface area (Å²) >= 11 is 5.97. The number of aryl methyl sites for hydroxylation is 1. The third-order valence-corrected chi connectivity index (χ3v) is 3.76. The molecule has 0 N–H and O–H groups in total. The minimum absolute atomic E-state index is 0.0446. The maximum Gasteiger partial charge on any atom is 0.261 e. The van der Waals surface area contributed by atoms with Crippen molar-refractivity contribution in [2.24, 2.45) is 0 Å². The van der Waals surface area contributed by atoms with Crippen molar-refractivity contribution >= 4 is 22.5 Å². The third kappa shape index (κ3) is 2.69. The second-order valence-electron chi connectivity index (χ2n) is 5.06. The minimum atomic E-state index is -0.0446. The molecule has 0 atom stereocenters. The van der Waals surface area contributed by atoms with Crippen LogP contribution in [0.3, 0.4) is 0 Å². The summed E-state index contributed by atoms with van der Waals surface area (Å²) in [5.41, 5.74) is 2.90. The highest BCUT2D eigenvalue weighted by Gasteiger charge is 2.10. The van der Waals surface area contributed by atoms with Crippen molar-refractivity contribution < 1.29 is 0 Å². The van der Waals surface area contributed by atoms with Crippen molar-refractivity contribution in [3.05, 3.63) is 75.8 Å². The van der Waals surface area contributed by atoms with Gasteiger partial charge in [-0.05, 0) is 24.6 Å². The molecule has 0 radical (unpaired) electrons. The summed E-state index contributed by atoms with van der Waals surface area (Å²) in [6, 6.07) is 15.5. The molecule has 3 aromatic rings. The number of rotatable bonds is 3. The van der Waals surface area contributed by atoms with E-state index in [-0.39, 0.29) is 11.4 Å². The lowest BCUT2D eigenvalue weighted by Gasteiger charge is -2.12. The first kappa shape index (κ1) is 13.8. The Morgan fingerprint density at radius 1 is 1.10 bits per heavy atom. The van der Waals surface area contributed by atoms with Gasteiger partial charge in [0.05, 0.1) is 23.3 Å². The van der Waals surface area contributed by atoms with Crippen molar-refractivity contribution in [1.82, 2.24) is 9.55 Å². The van der Waals surface area contributed by atoms with Gasteiger partial charge in [-0.1, -0.05) is 42.0 Å². The first-order valence-corrected chi connectivity index (χ1v) is 7.32. The number of fused-ring (bicyclic) bond motifs is 1. The summed E-state index contributed by atoms with van der Waals surface area (Å²) in [7, 11) is 0. The zero-order valence-corrected chi connectivity index (χ0v) is 12.5. The number of para-hydroxylation sites is 1. The summed E-state index contributed by atoms with van der Waals surface area (Å²) in [6.07, 6.45) is 0. The Balaban J connectivity index is 2.14. The summed E-state index contributed by atoms with van der Waals surface area (Å²) in [6.45, 7) is 2.52. The second kappa shape index (κ2) is 5.70. The minimum Gasteiger partial charge on any atom is -0.291 e. The molecule has 0 aliphatic carbocycles. The molecule has 106 valence electrons. The maximum atomic E-state index is 12.6. The van der Waals surface area contributed by atoms with Gasteiger partial charge in [0.15, 0.2) is 0 Å². The Bertz CT molecular complexity index is 838. The first-order chi connectivity index (χ1) is 10.2. The van der Waals surface area contributed by atoms with E-state index >= 15 is 0 Å². The van der Waals surface area contributed by atoms with Crippen LogP contribution in [-0.2, 0) is 12.4 Å². The van der Waals surface area contributed by atoms with Crippen molar-refractivity contribution in [2.75, 3.05) is 0 Å². The quantitative estimate of drug-likeness (QED) is 0.694. The summed E-state index contributed by atoms with van der Waals surface area (Å²) < 4.78 is 1.65. The van der Waals surface area contributed by atoms with E-state index in [9.17, 15) is 4.79 Å². The fourth-order valence-electron chi connectivity index (χ4n) is 2.36. The molecule has 0 amide bonds. The number of hydrogen-bond donors (Lipinski definition) is 0. The van der Waals surface area contributed by atoms with Gasteiger partial charge in [0, 0.05) is 0 Å². The summed E-state index contributed by atoms with van der Waals surface area (Å²) in [5, 5.41) is 0.624. The molecule has 0 bridgehead atoms. The zero-order valence-electron chi connectivity index (χ0n) is 11.7. The number of aromatic nitrogens is 2. The van der Waals surface area contributed by atoms with Gasteiger partial charge in [0.25, 0.3) is 5.56 Å². The van der Waals surface area contributed by atoms with Crippen LogP contribution in [0.15, 0.2) is 53.3 Å². The topological polar surface area (TPSA) is 34.9 Å². The van der Waals surface area contributed by atoms with Crippen LogP contribution in [0.1, 0.15) is 17.0 Å². The number of alkyl halides is 1. The van der Waals surface area contributed by atoms with Crippen LogP contribution in [0, 0.1) is 6.92 Å². The maximum absolute atomic E-state index is 12.6. The SMILES string of the molecule is Cc1ccc(Cn2c(CCl)nc3ccccc3c2=O)cc1. The Hall–Kier alpha value is -2.13.